The monoisotopic (exact) mass is 331 g/mol. The molecule has 0 atom stereocenters. The van der Waals surface area contributed by atoms with Crippen molar-refractivity contribution in [2.75, 3.05) is 45.7 Å². The first-order chi connectivity index (χ1) is 11.5. The van der Waals surface area contributed by atoms with Gasteiger partial charge in [0, 0.05) is 24.8 Å². The lowest BCUT2D eigenvalue weighted by Gasteiger charge is -2.23. The molecule has 1 aromatic rings. The molecule has 0 saturated carbocycles. The fraction of sp³-hybridized carbons (Fsp3) is 0.333. The van der Waals surface area contributed by atoms with Crippen molar-refractivity contribution in [1.29, 1.82) is 0 Å². The van der Waals surface area contributed by atoms with Gasteiger partial charge in [-0.3, -0.25) is 14.5 Å². The lowest BCUT2D eigenvalue weighted by Crippen LogP contribution is -2.41. The molecule has 0 unspecified atom stereocenters. The van der Waals surface area contributed by atoms with Crippen LogP contribution in [0.25, 0.3) is 0 Å². The maximum Gasteiger partial charge on any atom is 0.238 e. The summed E-state index contributed by atoms with van der Waals surface area (Å²) in [6.07, 6.45) is 3.33. The Labute approximate surface area is 143 Å². The summed E-state index contributed by atoms with van der Waals surface area (Å²) in [6, 6.07) is 7.11. The van der Waals surface area contributed by atoms with E-state index in [1.165, 1.54) is 0 Å². The average Bonchev–Trinajstić information content (AvgIpc) is 2.54. The van der Waals surface area contributed by atoms with Crippen LogP contribution in [0.5, 0.6) is 5.75 Å². The number of ether oxygens (including phenoxy) is 1. The maximum atomic E-state index is 12.2. The van der Waals surface area contributed by atoms with Crippen LogP contribution in [0.4, 0.5) is 5.69 Å². The van der Waals surface area contributed by atoms with Gasteiger partial charge in [0.2, 0.25) is 11.8 Å². The molecular weight excluding hydrogens is 306 g/mol. The van der Waals surface area contributed by atoms with E-state index in [-0.39, 0.29) is 24.9 Å². The third-order valence-electron chi connectivity index (χ3n) is 3.22. The first-order valence-electron chi connectivity index (χ1n) is 7.62. The third kappa shape index (κ3) is 6.66. The molecule has 0 fully saturated rings. The molecule has 0 aliphatic carbocycles. The molecule has 1 rings (SSSR count). The van der Waals surface area contributed by atoms with E-state index in [2.05, 4.69) is 18.5 Å². The number of nitrogens with one attached hydrogen (secondary N) is 1. The van der Waals surface area contributed by atoms with Crippen molar-refractivity contribution in [1.82, 2.24) is 9.80 Å². The molecule has 0 aromatic heterocycles. The number of carbonyl (C=O) groups is 2. The summed E-state index contributed by atoms with van der Waals surface area (Å²) in [5.74, 6) is 0.393. The predicted octanol–water partition coefficient (Wildman–Crippen LogP) is 1.77. The maximum absolute atomic E-state index is 12.2. The highest BCUT2D eigenvalue weighted by Gasteiger charge is 2.15. The summed E-state index contributed by atoms with van der Waals surface area (Å²) in [5.41, 5.74) is 0.652. The van der Waals surface area contributed by atoms with E-state index in [0.29, 0.717) is 24.5 Å². The second-order valence-electron chi connectivity index (χ2n) is 5.33. The number of anilines is 1. The Morgan fingerprint density at radius 3 is 2.46 bits per heavy atom. The van der Waals surface area contributed by atoms with Gasteiger partial charge >= 0.3 is 0 Å². The Hall–Kier alpha value is -2.60. The Morgan fingerprint density at radius 1 is 1.21 bits per heavy atom. The Bertz CT molecular complexity index is 577. The lowest BCUT2D eigenvalue weighted by molar-refractivity contribution is -0.131. The topological polar surface area (TPSA) is 61.9 Å². The standard InChI is InChI=1S/C18H25N3O3/c1-5-10-21(11-6-2)18(23)14-20(3)13-17(22)19-15-8-7-9-16(12-15)24-4/h5-9,12H,1-2,10-11,13-14H2,3-4H3,(H,19,22). The molecule has 2 amide bonds. The number of benzene rings is 1. The van der Waals surface area contributed by atoms with Crippen LogP contribution >= 0.6 is 0 Å². The summed E-state index contributed by atoms with van der Waals surface area (Å²) in [5, 5.41) is 2.78. The van der Waals surface area contributed by atoms with Gasteiger partial charge in [-0.2, -0.15) is 0 Å². The molecule has 0 spiro atoms. The highest BCUT2D eigenvalue weighted by molar-refractivity contribution is 5.92. The van der Waals surface area contributed by atoms with Crippen LogP contribution in [0.3, 0.4) is 0 Å². The zero-order chi connectivity index (χ0) is 17.9. The molecule has 6 heteroatoms. The zero-order valence-electron chi connectivity index (χ0n) is 14.3. The minimum absolute atomic E-state index is 0.0773. The fourth-order valence-electron chi connectivity index (χ4n) is 2.12. The summed E-state index contributed by atoms with van der Waals surface area (Å²) in [7, 11) is 3.29. The normalized spacial score (nSPS) is 10.1. The molecular formula is C18H25N3O3. The first kappa shape index (κ1) is 19.4. The van der Waals surface area contributed by atoms with Crippen molar-refractivity contribution in [3.63, 3.8) is 0 Å². The Kier molecular flexibility index (Phi) is 8.29. The van der Waals surface area contributed by atoms with Crippen LogP contribution in [-0.4, -0.2) is 62.0 Å². The molecule has 130 valence electrons. The molecule has 1 N–H and O–H groups in total. The Balaban J connectivity index is 2.52. The lowest BCUT2D eigenvalue weighted by atomic mass is 10.3. The van der Waals surface area contributed by atoms with E-state index in [0.717, 1.165) is 0 Å². The van der Waals surface area contributed by atoms with E-state index in [9.17, 15) is 9.59 Å². The number of rotatable bonds is 10. The molecule has 1 aromatic carbocycles. The number of hydrogen-bond acceptors (Lipinski definition) is 4. The summed E-state index contributed by atoms with van der Waals surface area (Å²) < 4.78 is 5.11. The largest absolute Gasteiger partial charge is 0.497 e. The van der Waals surface area contributed by atoms with Crippen molar-refractivity contribution in [3.05, 3.63) is 49.6 Å². The van der Waals surface area contributed by atoms with Gasteiger partial charge in [0.05, 0.1) is 20.2 Å². The quantitative estimate of drug-likeness (QED) is 0.664. The summed E-state index contributed by atoms with van der Waals surface area (Å²) >= 11 is 0. The van der Waals surface area contributed by atoms with Gasteiger partial charge in [-0.15, -0.1) is 13.2 Å². The van der Waals surface area contributed by atoms with Gasteiger partial charge in [0.15, 0.2) is 0 Å². The number of methoxy groups -OCH3 is 1. The Morgan fingerprint density at radius 2 is 1.88 bits per heavy atom. The van der Waals surface area contributed by atoms with Gasteiger partial charge < -0.3 is 15.0 Å². The summed E-state index contributed by atoms with van der Waals surface area (Å²) in [6.45, 7) is 8.44. The number of amides is 2. The van der Waals surface area contributed by atoms with E-state index < -0.39 is 0 Å². The van der Waals surface area contributed by atoms with Crippen molar-refractivity contribution >= 4 is 17.5 Å². The van der Waals surface area contributed by atoms with E-state index in [1.807, 2.05) is 0 Å². The molecule has 0 aliphatic heterocycles. The molecule has 0 heterocycles. The number of likely N-dealkylation sites (N-methyl/N-ethyl adjacent to an activating group) is 1. The number of hydrogen-bond donors (Lipinski definition) is 1. The molecule has 0 radical (unpaired) electrons. The van der Waals surface area contributed by atoms with E-state index >= 15 is 0 Å². The van der Waals surface area contributed by atoms with Gasteiger partial charge in [-0.05, 0) is 19.2 Å². The van der Waals surface area contributed by atoms with Crippen molar-refractivity contribution < 1.29 is 14.3 Å². The van der Waals surface area contributed by atoms with Crippen LogP contribution in [0.15, 0.2) is 49.6 Å². The fourth-order valence-corrected chi connectivity index (χ4v) is 2.12. The highest BCUT2D eigenvalue weighted by Crippen LogP contribution is 2.16. The van der Waals surface area contributed by atoms with Crippen molar-refractivity contribution in [2.45, 2.75) is 0 Å². The molecule has 6 nitrogen and oxygen atoms in total. The number of nitrogens with zero attached hydrogens (tertiary/aromatic N) is 2. The molecule has 0 bridgehead atoms. The van der Waals surface area contributed by atoms with Crippen molar-refractivity contribution in [3.8, 4) is 5.75 Å². The van der Waals surface area contributed by atoms with Gasteiger partial charge in [0.25, 0.3) is 0 Å². The first-order valence-corrected chi connectivity index (χ1v) is 7.62. The average molecular weight is 331 g/mol. The van der Waals surface area contributed by atoms with Gasteiger partial charge in [0.1, 0.15) is 5.75 Å². The third-order valence-corrected chi connectivity index (χ3v) is 3.22. The predicted molar refractivity (Wildman–Crippen MR) is 96.1 cm³/mol. The van der Waals surface area contributed by atoms with Gasteiger partial charge in [-0.1, -0.05) is 18.2 Å². The second kappa shape index (κ2) is 10.2. The van der Waals surface area contributed by atoms with Gasteiger partial charge in [-0.25, -0.2) is 0 Å². The minimum atomic E-state index is -0.197. The van der Waals surface area contributed by atoms with Crippen LogP contribution in [0.2, 0.25) is 0 Å². The smallest absolute Gasteiger partial charge is 0.238 e. The van der Waals surface area contributed by atoms with Crippen molar-refractivity contribution in [2.24, 2.45) is 0 Å². The summed E-state index contributed by atoms with van der Waals surface area (Å²) in [4.78, 5) is 27.6. The number of carbonyl (C=O) groups excluding carboxylic acids is 2. The minimum Gasteiger partial charge on any atom is -0.497 e. The zero-order valence-corrected chi connectivity index (χ0v) is 14.3. The molecule has 24 heavy (non-hydrogen) atoms. The van der Waals surface area contributed by atoms with Crippen LogP contribution in [0, 0.1) is 0 Å². The van der Waals surface area contributed by atoms with E-state index in [4.69, 9.17) is 4.74 Å². The second-order valence-corrected chi connectivity index (χ2v) is 5.33. The van der Waals surface area contributed by atoms with Crippen LogP contribution in [-0.2, 0) is 9.59 Å². The van der Waals surface area contributed by atoms with Crippen LogP contribution < -0.4 is 10.1 Å². The van der Waals surface area contributed by atoms with Crippen LogP contribution in [0.1, 0.15) is 0 Å². The molecule has 0 aliphatic rings. The highest BCUT2D eigenvalue weighted by atomic mass is 16.5. The molecule has 0 saturated heterocycles. The SMILES string of the molecule is C=CCN(CC=C)C(=O)CN(C)CC(=O)Nc1cccc(OC)c1. The van der Waals surface area contributed by atoms with E-state index in [1.54, 1.807) is 60.4 Å².